The molecule has 1 aliphatic rings. The summed E-state index contributed by atoms with van der Waals surface area (Å²) in [6.07, 6.45) is 0.615. The van der Waals surface area contributed by atoms with Gasteiger partial charge in [0.15, 0.2) is 6.29 Å². The molecule has 0 saturated heterocycles. The lowest BCUT2D eigenvalue weighted by Crippen LogP contribution is -2.34. The van der Waals surface area contributed by atoms with Gasteiger partial charge in [-0.05, 0) is 35.9 Å². The number of hydrogen-bond donors (Lipinski definition) is 1. The molecular formula is C21H16FNO4S. The molecule has 4 rings (SSSR count). The number of fused-ring (bicyclic) bond motifs is 2. The third kappa shape index (κ3) is 2.51. The van der Waals surface area contributed by atoms with E-state index in [-0.39, 0.29) is 34.0 Å². The second kappa shape index (κ2) is 6.45. The Bertz CT molecular complexity index is 1260. The Morgan fingerprint density at radius 1 is 1.11 bits per heavy atom. The third-order valence-electron chi connectivity index (χ3n) is 4.85. The van der Waals surface area contributed by atoms with Gasteiger partial charge in [-0.1, -0.05) is 36.4 Å². The molecule has 3 aromatic carbocycles. The van der Waals surface area contributed by atoms with Gasteiger partial charge in [0.2, 0.25) is 0 Å². The Morgan fingerprint density at radius 2 is 1.86 bits per heavy atom. The summed E-state index contributed by atoms with van der Waals surface area (Å²) in [5.41, 5.74) is 0.378. The van der Waals surface area contributed by atoms with Crippen molar-refractivity contribution in [1.29, 1.82) is 0 Å². The first-order chi connectivity index (χ1) is 13.4. The van der Waals surface area contributed by atoms with E-state index >= 15 is 0 Å². The van der Waals surface area contributed by atoms with Gasteiger partial charge in [-0.2, -0.15) is 0 Å². The summed E-state index contributed by atoms with van der Waals surface area (Å²) >= 11 is 0. The molecule has 0 spiro atoms. The topological polar surface area (TPSA) is 74.7 Å². The Kier molecular flexibility index (Phi) is 4.19. The lowest BCUT2D eigenvalue weighted by Gasteiger charge is -2.32. The molecule has 1 heterocycles. The molecule has 1 N–H and O–H groups in total. The van der Waals surface area contributed by atoms with Crippen LogP contribution in [-0.2, 0) is 10.0 Å². The van der Waals surface area contributed by atoms with Gasteiger partial charge in [-0.15, -0.1) is 0 Å². The maximum absolute atomic E-state index is 13.8. The number of aliphatic hydroxyl groups is 1. The number of hydrogen-bond acceptors (Lipinski definition) is 4. The largest absolute Gasteiger partial charge is 0.505 e. The SMILES string of the molecule is CCN1C(c2c(C=O)ccc3ccccc23)=C(O)c2cc(F)ccc2S1(=O)=O. The van der Waals surface area contributed by atoms with E-state index in [0.29, 0.717) is 17.2 Å². The Balaban J connectivity index is 2.19. The van der Waals surface area contributed by atoms with Crippen molar-refractivity contribution in [2.75, 3.05) is 6.54 Å². The molecule has 0 fully saturated rings. The number of aldehydes is 1. The smallest absolute Gasteiger partial charge is 0.265 e. The van der Waals surface area contributed by atoms with Crippen LogP contribution in [0.5, 0.6) is 0 Å². The van der Waals surface area contributed by atoms with Crippen molar-refractivity contribution in [2.24, 2.45) is 0 Å². The van der Waals surface area contributed by atoms with Crippen LogP contribution in [0.1, 0.15) is 28.4 Å². The van der Waals surface area contributed by atoms with Crippen molar-refractivity contribution in [2.45, 2.75) is 11.8 Å². The fourth-order valence-corrected chi connectivity index (χ4v) is 5.29. The lowest BCUT2D eigenvalue weighted by molar-refractivity contribution is 0.112. The van der Waals surface area contributed by atoms with Crippen LogP contribution in [0.2, 0.25) is 0 Å². The van der Waals surface area contributed by atoms with Gasteiger partial charge >= 0.3 is 0 Å². The van der Waals surface area contributed by atoms with Gasteiger partial charge in [0, 0.05) is 23.2 Å². The summed E-state index contributed by atoms with van der Waals surface area (Å²) in [7, 11) is -4.04. The minimum absolute atomic E-state index is 0.0278. The number of carbonyl (C=O) groups is 1. The quantitative estimate of drug-likeness (QED) is 0.672. The van der Waals surface area contributed by atoms with Gasteiger partial charge in [-0.25, -0.2) is 12.8 Å². The molecule has 7 heteroatoms. The van der Waals surface area contributed by atoms with Crippen molar-refractivity contribution in [1.82, 2.24) is 4.31 Å². The van der Waals surface area contributed by atoms with Crippen LogP contribution in [-0.4, -0.2) is 30.7 Å². The van der Waals surface area contributed by atoms with Gasteiger partial charge < -0.3 is 5.11 Å². The molecule has 0 amide bonds. The van der Waals surface area contributed by atoms with Crippen LogP contribution in [0.3, 0.4) is 0 Å². The summed E-state index contributed by atoms with van der Waals surface area (Å²) in [4.78, 5) is 11.6. The average Bonchev–Trinajstić information content (AvgIpc) is 2.69. The highest BCUT2D eigenvalue weighted by atomic mass is 32.2. The van der Waals surface area contributed by atoms with Gasteiger partial charge in [0.25, 0.3) is 10.0 Å². The highest BCUT2D eigenvalue weighted by Crippen LogP contribution is 2.43. The van der Waals surface area contributed by atoms with Crippen LogP contribution < -0.4 is 0 Å². The summed E-state index contributed by atoms with van der Waals surface area (Å²) in [5.74, 6) is -1.05. The minimum Gasteiger partial charge on any atom is -0.505 e. The average molecular weight is 397 g/mol. The Labute approximate surface area is 161 Å². The molecule has 1 aliphatic heterocycles. The maximum atomic E-state index is 13.8. The van der Waals surface area contributed by atoms with Crippen LogP contribution in [0.25, 0.3) is 22.2 Å². The molecule has 0 aromatic heterocycles. The number of carbonyl (C=O) groups excluding carboxylic acids is 1. The zero-order chi connectivity index (χ0) is 20.1. The molecule has 0 atom stereocenters. The second-order valence-electron chi connectivity index (χ2n) is 6.38. The molecular weight excluding hydrogens is 381 g/mol. The molecule has 5 nitrogen and oxygen atoms in total. The van der Waals surface area contributed by atoms with E-state index in [9.17, 15) is 22.7 Å². The molecule has 3 aromatic rings. The van der Waals surface area contributed by atoms with E-state index in [4.69, 9.17) is 0 Å². The molecule has 0 unspecified atom stereocenters. The number of rotatable bonds is 3. The standard InChI is InChI=1S/C21H16FNO4S/c1-2-23-20(19-14(12-24)8-7-13-5-3-4-6-16(13)19)21(25)17-11-15(22)9-10-18(17)28(23,26)27/h3-12,25H,2H2,1H3. The predicted octanol–water partition coefficient (Wildman–Crippen LogP) is 4.20. The van der Waals surface area contributed by atoms with Crippen molar-refractivity contribution in [3.05, 3.63) is 77.1 Å². The van der Waals surface area contributed by atoms with E-state index < -0.39 is 15.8 Å². The highest BCUT2D eigenvalue weighted by Gasteiger charge is 2.38. The highest BCUT2D eigenvalue weighted by molar-refractivity contribution is 7.89. The number of sulfonamides is 1. The predicted molar refractivity (Wildman–Crippen MR) is 105 cm³/mol. The number of benzene rings is 3. The summed E-state index contributed by atoms with van der Waals surface area (Å²) in [6.45, 7) is 1.66. The summed E-state index contributed by atoms with van der Waals surface area (Å²) in [5, 5.41) is 12.4. The third-order valence-corrected chi connectivity index (χ3v) is 6.78. The van der Waals surface area contributed by atoms with Crippen molar-refractivity contribution < 1.29 is 22.7 Å². The fraction of sp³-hybridized carbons (Fsp3) is 0.0952. The first kappa shape index (κ1) is 18.2. The van der Waals surface area contributed by atoms with Crippen LogP contribution in [0, 0.1) is 5.82 Å². The van der Waals surface area contributed by atoms with E-state index in [0.717, 1.165) is 27.9 Å². The number of halogens is 1. The number of aliphatic hydroxyl groups excluding tert-OH is 1. The van der Waals surface area contributed by atoms with Crippen molar-refractivity contribution in [3.8, 4) is 0 Å². The number of nitrogens with zero attached hydrogens (tertiary/aromatic N) is 1. The van der Waals surface area contributed by atoms with Gasteiger partial charge in [-0.3, -0.25) is 9.10 Å². The summed E-state index contributed by atoms with van der Waals surface area (Å²) < 4.78 is 41.2. The van der Waals surface area contributed by atoms with Crippen LogP contribution in [0.4, 0.5) is 4.39 Å². The van der Waals surface area contributed by atoms with Crippen molar-refractivity contribution >= 4 is 38.5 Å². The molecule has 0 radical (unpaired) electrons. The second-order valence-corrected chi connectivity index (χ2v) is 8.21. The maximum Gasteiger partial charge on any atom is 0.265 e. The van der Waals surface area contributed by atoms with Crippen molar-refractivity contribution in [3.63, 3.8) is 0 Å². The van der Waals surface area contributed by atoms with Crippen LogP contribution in [0.15, 0.2) is 59.5 Å². The zero-order valence-corrected chi connectivity index (χ0v) is 15.7. The molecule has 28 heavy (non-hydrogen) atoms. The molecule has 142 valence electrons. The minimum atomic E-state index is -4.04. The van der Waals surface area contributed by atoms with Gasteiger partial charge in [0.05, 0.1) is 4.90 Å². The first-order valence-corrected chi connectivity index (χ1v) is 10.1. The first-order valence-electron chi connectivity index (χ1n) is 8.63. The van der Waals surface area contributed by atoms with E-state index in [2.05, 4.69) is 0 Å². The Morgan fingerprint density at radius 3 is 2.57 bits per heavy atom. The van der Waals surface area contributed by atoms with Gasteiger partial charge in [0.1, 0.15) is 17.3 Å². The lowest BCUT2D eigenvalue weighted by atomic mass is 9.95. The summed E-state index contributed by atoms with van der Waals surface area (Å²) in [6, 6.07) is 13.7. The Hall–Kier alpha value is -3.19. The monoisotopic (exact) mass is 397 g/mol. The van der Waals surface area contributed by atoms with Crippen LogP contribution >= 0.6 is 0 Å². The molecule has 0 aliphatic carbocycles. The molecule has 0 saturated carbocycles. The van der Waals surface area contributed by atoms with E-state index in [1.807, 2.05) is 12.1 Å². The van der Waals surface area contributed by atoms with E-state index in [1.165, 1.54) is 0 Å². The molecule has 0 bridgehead atoms. The normalized spacial score (nSPS) is 15.6. The zero-order valence-electron chi connectivity index (χ0n) is 14.9. The fourth-order valence-electron chi connectivity index (χ4n) is 3.62. The van der Waals surface area contributed by atoms with E-state index in [1.54, 1.807) is 31.2 Å².